The summed E-state index contributed by atoms with van der Waals surface area (Å²) in [7, 11) is 0. The molecule has 0 fully saturated rings. The van der Waals surface area contributed by atoms with Crippen LogP contribution < -0.4 is 0 Å². The summed E-state index contributed by atoms with van der Waals surface area (Å²) < 4.78 is -3.25. The molecule has 0 aromatic rings. The summed E-state index contributed by atoms with van der Waals surface area (Å²) in [4.78, 5) is 0. The number of alkyl halides is 9. The molecule has 0 N–H and O–H groups in total. The maximum atomic E-state index is 5.06. The third-order valence-electron chi connectivity index (χ3n) is 0. The molecule has 0 aliphatic rings. The third-order valence-corrected chi connectivity index (χ3v) is 0. The van der Waals surface area contributed by atoms with Gasteiger partial charge >= 0.3 is 0 Å². The van der Waals surface area contributed by atoms with Crippen LogP contribution in [0.3, 0.4) is 0 Å². The summed E-state index contributed by atoms with van der Waals surface area (Å²) in [5, 5.41) is 0. The fraction of sp³-hybridized carbons (Fsp3) is 1.00. The van der Waals surface area contributed by atoms with E-state index in [1.165, 1.54) is 20.8 Å². The third kappa shape index (κ3) is 452. The lowest BCUT2D eigenvalue weighted by atomic mass is 10.9. The van der Waals surface area contributed by atoms with Gasteiger partial charge in [0.2, 0.25) is 0 Å². The first-order valence-corrected chi connectivity index (χ1v) is 6.60. The van der Waals surface area contributed by atoms with E-state index >= 15 is 0 Å². The average molecular weight is 430 g/mol. The molecule has 0 aromatic heterocycles. The summed E-state index contributed by atoms with van der Waals surface area (Å²) in [5.74, 6) is 0. The molecule has 16 heavy (non-hydrogen) atoms. The zero-order chi connectivity index (χ0) is 13.5. The normalized spacial score (nSPS) is 11.2. The van der Waals surface area contributed by atoms with E-state index in [1.807, 2.05) is 0 Å². The molecular weight excluding hydrogens is 418 g/mol. The van der Waals surface area contributed by atoms with Gasteiger partial charge in [-0.2, -0.15) is 0 Å². The molecule has 0 saturated heterocycles. The van der Waals surface area contributed by atoms with Crippen LogP contribution >= 0.6 is 104 Å². The molecule has 0 bridgehead atoms. The Balaban J connectivity index is -0.0000000655. The Morgan fingerprint density at radius 3 is 0.438 bits per heavy atom. The summed E-state index contributed by atoms with van der Waals surface area (Å²) in [6, 6.07) is 0. The van der Waals surface area contributed by atoms with E-state index < -0.39 is 11.4 Å². The van der Waals surface area contributed by atoms with Crippen molar-refractivity contribution in [3.8, 4) is 0 Å². The van der Waals surface area contributed by atoms with Gasteiger partial charge in [-0.3, -0.25) is 0 Å². The van der Waals surface area contributed by atoms with Gasteiger partial charge in [-0.25, -0.2) is 0 Å². The Bertz CT molecular complexity index is 95.0. The van der Waals surface area contributed by atoms with Crippen molar-refractivity contribution in [1.29, 1.82) is 0 Å². The molecule has 0 amide bonds. The van der Waals surface area contributed by atoms with Gasteiger partial charge < -0.3 is 0 Å². The zero-order valence-corrected chi connectivity index (χ0v) is 14.7. The molecule has 10 heteroatoms. The molecule has 0 nitrogen and oxygen atoms in total. The largest absolute Gasteiger partial charge is 0.187 e. The quantitative estimate of drug-likeness (QED) is 0.330. The van der Waals surface area contributed by atoms with Gasteiger partial charge in [-0.05, 0) is 20.8 Å². The Morgan fingerprint density at radius 1 is 0.438 bits per heavy atom. The Morgan fingerprint density at radius 2 is 0.438 bits per heavy atom. The van der Waals surface area contributed by atoms with Crippen LogP contribution in [0.4, 0.5) is 0 Å². The van der Waals surface area contributed by atoms with Crippen LogP contribution in [0.5, 0.6) is 0 Å². The van der Waals surface area contributed by atoms with Gasteiger partial charge in [0.15, 0.2) is 28.7 Å². The molecule has 0 heterocycles. The monoisotopic (exact) mass is 426 g/mol. The van der Waals surface area contributed by atoms with Crippen LogP contribution in [-0.4, -0.2) is 28.7 Å². The van der Waals surface area contributed by atoms with Gasteiger partial charge in [-0.15, -0.1) is 0 Å². The van der Waals surface area contributed by atoms with Gasteiger partial charge in [0.25, 0.3) is 0 Å². The molecule has 0 aliphatic carbocycles. The highest BCUT2D eigenvalue weighted by Crippen LogP contribution is 2.24. The van der Waals surface area contributed by atoms with E-state index in [9.17, 15) is 0 Å². The van der Waals surface area contributed by atoms with E-state index in [2.05, 4.69) is 0 Å². The highest BCUT2D eigenvalue weighted by molar-refractivity contribution is 6.68. The summed E-state index contributed by atoms with van der Waals surface area (Å²) >= 11 is 45.5. The summed E-state index contributed by atoms with van der Waals surface area (Å²) in [5.41, 5.74) is 0. The molecule has 102 valence electrons. The molecular formula is C6H12AlCl9. The molecule has 0 aliphatic heterocycles. The molecule has 0 saturated carbocycles. The van der Waals surface area contributed by atoms with Crippen LogP contribution in [0.15, 0.2) is 0 Å². The summed E-state index contributed by atoms with van der Waals surface area (Å²) in [6.07, 6.45) is 0. The minimum absolute atomic E-state index is 0. The van der Waals surface area contributed by atoms with Crippen molar-refractivity contribution in [2.75, 3.05) is 0 Å². The van der Waals surface area contributed by atoms with Crippen molar-refractivity contribution < 1.29 is 0 Å². The zero-order valence-electron chi connectivity index (χ0n) is 7.90. The van der Waals surface area contributed by atoms with Gasteiger partial charge in [0, 0.05) is 0 Å². The Hall–Kier alpha value is 3.14. The SMILES string of the molecule is CC(Cl)(Cl)Cl.CC(Cl)(Cl)Cl.CC(Cl)(Cl)Cl.[AlH3]. The van der Waals surface area contributed by atoms with Crippen LogP contribution in [-0.2, 0) is 0 Å². The lowest BCUT2D eigenvalue weighted by molar-refractivity contribution is 1.27. The number of hydrogen-bond acceptors (Lipinski definition) is 0. The van der Waals surface area contributed by atoms with E-state index in [4.69, 9.17) is 104 Å². The first-order valence-electron chi connectivity index (χ1n) is 3.20. The first kappa shape index (κ1) is 27.5. The van der Waals surface area contributed by atoms with Crippen molar-refractivity contribution in [3.05, 3.63) is 0 Å². The predicted octanol–water partition coefficient (Wildman–Crippen LogP) is 5.95. The molecule has 0 spiro atoms. The second-order valence-corrected chi connectivity index (χ2v) is 10.9. The van der Waals surface area contributed by atoms with Crippen molar-refractivity contribution in [1.82, 2.24) is 0 Å². The van der Waals surface area contributed by atoms with Crippen LogP contribution in [0, 0.1) is 0 Å². The molecule has 0 rings (SSSR count). The molecule has 0 radical (unpaired) electrons. The first-order chi connectivity index (χ1) is 6.00. The highest BCUT2D eigenvalue weighted by Gasteiger charge is 2.07. The van der Waals surface area contributed by atoms with E-state index in [-0.39, 0.29) is 17.4 Å². The van der Waals surface area contributed by atoms with E-state index in [0.29, 0.717) is 0 Å². The number of halogens is 9. The van der Waals surface area contributed by atoms with Gasteiger partial charge in [0.05, 0.1) is 0 Å². The van der Waals surface area contributed by atoms with Crippen molar-refractivity contribution >= 4 is 122 Å². The number of rotatable bonds is 0. The maximum Gasteiger partial charge on any atom is 0.187 e. The lowest BCUT2D eigenvalue weighted by Crippen LogP contribution is -1.87. The second kappa shape index (κ2) is 11.9. The summed E-state index contributed by atoms with van der Waals surface area (Å²) in [6.45, 7) is 4.45. The molecule has 0 atom stereocenters. The van der Waals surface area contributed by atoms with E-state index in [0.717, 1.165) is 0 Å². The van der Waals surface area contributed by atoms with E-state index in [1.54, 1.807) is 0 Å². The van der Waals surface area contributed by atoms with Crippen molar-refractivity contribution in [2.24, 2.45) is 0 Å². The Kier molecular flexibility index (Phi) is 20.5. The minimum Gasteiger partial charge on any atom is -0.0840 e. The van der Waals surface area contributed by atoms with Crippen LogP contribution in [0.25, 0.3) is 0 Å². The maximum absolute atomic E-state index is 5.06. The van der Waals surface area contributed by atoms with Crippen molar-refractivity contribution in [3.63, 3.8) is 0 Å². The Labute approximate surface area is 152 Å². The standard InChI is InChI=1S/3C2H3Cl3.Al.3H/c3*1-2(3,4)5;;;;/h3*1H3;;;;. The van der Waals surface area contributed by atoms with Gasteiger partial charge in [0.1, 0.15) is 0 Å². The molecule has 0 unspecified atom stereocenters. The lowest BCUT2D eigenvalue weighted by Gasteiger charge is -1.94. The second-order valence-electron chi connectivity index (χ2n) is 2.34. The topological polar surface area (TPSA) is 0 Å². The minimum atomic E-state index is -1.08. The average Bonchev–Trinajstić information content (AvgIpc) is 1.41. The van der Waals surface area contributed by atoms with Crippen LogP contribution in [0.1, 0.15) is 20.8 Å². The fourth-order valence-corrected chi connectivity index (χ4v) is 0. The highest BCUT2D eigenvalue weighted by atomic mass is 35.6. The van der Waals surface area contributed by atoms with Crippen LogP contribution in [0.2, 0.25) is 0 Å². The van der Waals surface area contributed by atoms with Gasteiger partial charge in [-0.1, -0.05) is 104 Å². The molecule has 0 aromatic carbocycles. The fourth-order valence-electron chi connectivity index (χ4n) is 0. The number of hydrogen-bond donors (Lipinski definition) is 0. The smallest absolute Gasteiger partial charge is 0.0840 e. The van der Waals surface area contributed by atoms with Crippen molar-refractivity contribution in [2.45, 2.75) is 32.1 Å². The predicted molar refractivity (Wildman–Crippen MR) is 87.8 cm³/mol.